The highest BCUT2D eigenvalue weighted by molar-refractivity contribution is 7.17. The summed E-state index contributed by atoms with van der Waals surface area (Å²) in [7, 11) is 0. The molecule has 1 aliphatic rings. The zero-order valence-corrected chi connectivity index (χ0v) is 15.6. The number of amides is 1. The number of Topliss-reactive ketones (excluding diaryl/α,β-unsaturated/α-hetero) is 1. The minimum absolute atomic E-state index is 0.0277. The summed E-state index contributed by atoms with van der Waals surface area (Å²) >= 11 is 1.08. The topological polar surface area (TPSA) is 72.5 Å². The largest absolute Gasteiger partial charge is 0.462 e. The van der Waals surface area contributed by atoms with E-state index in [0.29, 0.717) is 16.9 Å². The highest BCUT2D eigenvalue weighted by Gasteiger charge is 2.32. The summed E-state index contributed by atoms with van der Waals surface area (Å²) in [5, 5.41) is 2.70. The van der Waals surface area contributed by atoms with Gasteiger partial charge in [-0.15, -0.1) is 11.3 Å². The highest BCUT2D eigenvalue weighted by Crippen LogP contribution is 2.38. The Morgan fingerprint density at radius 3 is 2.68 bits per heavy atom. The lowest BCUT2D eigenvalue weighted by molar-refractivity contribution is -0.137. The van der Waals surface area contributed by atoms with E-state index in [1.54, 1.807) is 6.92 Å². The van der Waals surface area contributed by atoms with Crippen LogP contribution in [0.3, 0.4) is 0 Å². The van der Waals surface area contributed by atoms with E-state index in [2.05, 4.69) is 5.32 Å². The van der Waals surface area contributed by atoms with E-state index in [9.17, 15) is 27.6 Å². The molecule has 0 aliphatic heterocycles. The minimum Gasteiger partial charge on any atom is -0.462 e. The quantitative estimate of drug-likeness (QED) is 0.764. The predicted octanol–water partition coefficient (Wildman–Crippen LogP) is 4.25. The van der Waals surface area contributed by atoms with Crippen molar-refractivity contribution in [2.45, 2.75) is 32.4 Å². The second-order valence-corrected chi connectivity index (χ2v) is 7.28. The van der Waals surface area contributed by atoms with Crippen LogP contribution < -0.4 is 5.32 Å². The summed E-state index contributed by atoms with van der Waals surface area (Å²) in [4.78, 5) is 37.3. The van der Waals surface area contributed by atoms with Crippen LogP contribution >= 0.6 is 11.3 Å². The minimum atomic E-state index is -4.57. The zero-order valence-electron chi connectivity index (χ0n) is 14.8. The van der Waals surface area contributed by atoms with Crippen molar-refractivity contribution < 1.29 is 32.3 Å². The highest BCUT2D eigenvalue weighted by atomic mass is 32.1. The zero-order chi connectivity index (χ0) is 20.5. The molecule has 0 bridgehead atoms. The molecule has 148 valence electrons. The van der Waals surface area contributed by atoms with E-state index < -0.39 is 23.6 Å². The predicted molar refractivity (Wildman–Crippen MR) is 96.7 cm³/mol. The van der Waals surface area contributed by atoms with Gasteiger partial charge in [0.15, 0.2) is 0 Å². The number of ketones is 1. The molecule has 5 nitrogen and oxygen atoms in total. The van der Waals surface area contributed by atoms with Gasteiger partial charge in [0.05, 0.1) is 17.7 Å². The van der Waals surface area contributed by atoms with E-state index in [-0.39, 0.29) is 41.4 Å². The first-order chi connectivity index (χ1) is 13.2. The fourth-order valence-corrected chi connectivity index (χ4v) is 4.23. The third kappa shape index (κ3) is 4.09. The van der Waals surface area contributed by atoms with Gasteiger partial charge in [-0.1, -0.05) is 6.07 Å². The maximum Gasteiger partial charge on any atom is 0.416 e. The molecule has 1 amide bonds. The molecular formula is C19H16F3NO4S. The summed E-state index contributed by atoms with van der Waals surface area (Å²) in [5.74, 6) is -1.38. The van der Waals surface area contributed by atoms with E-state index in [1.807, 2.05) is 0 Å². The van der Waals surface area contributed by atoms with Gasteiger partial charge in [0.2, 0.25) is 0 Å². The van der Waals surface area contributed by atoms with Crippen LogP contribution in [0.5, 0.6) is 0 Å². The van der Waals surface area contributed by atoms with Crippen molar-refractivity contribution in [3.05, 3.63) is 51.4 Å². The fourth-order valence-electron chi connectivity index (χ4n) is 2.97. The van der Waals surface area contributed by atoms with Gasteiger partial charge in [0.25, 0.3) is 5.91 Å². The van der Waals surface area contributed by atoms with Gasteiger partial charge in [-0.2, -0.15) is 13.2 Å². The molecule has 0 atom stereocenters. The first kappa shape index (κ1) is 20.1. The Morgan fingerprint density at radius 2 is 2.00 bits per heavy atom. The molecule has 0 spiro atoms. The average Bonchev–Trinajstić information content (AvgIpc) is 2.98. The second kappa shape index (κ2) is 7.75. The molecule has 28 heavy (non-hydrogen) atoms. The third-order valence-corrected chi connectivity index (χ3v) is 5.41. The number of carbonyl (C=O) groups excluding carboxylic acids is 3. The van der Waals surface area contributed by atoms with Crippen molar-refractivity contribution in [1.29, 1.82) is 0 Å². The average molecular weight is 411 g/mol. The SMILES string of the molecule is CCOC(=O)c1c(NC(=O)c2cccc(C(F)(F)F)c2)sc2c1CCC(=O)C2. The number of alkyl halides is 3. The molecular weight excluding hydrogens is 395 g/mol. The Hall–Kier alpha value is -2.68. The molecule has 0 saturated carbocycles. The molecule has 0 saturated heterocycles. The number of fused-ring (bicyclic) bond motifs is 1. The van der Waals surface area contributed by atoms with Gasteiger partial charge in [-0.05, 0) is 37.1 Å². The molecule has 1 aromatic carbocycles. The number of thiophene rings is 1. The normalized spacial score (nSPS) is 13.8. The van der Waals surface area contributed by atoms with Crippen LogP contribution in [0.1, 0.15) is 50.1 Å². The number of hydrogen-bond donors (Lipinski definition) is 1. The van der Waals surface area contributed by atoms with E-state index in [1.165, 1.54) is 6.07 Å². The molecule has 1 aromatic heterocycles. The van der Waals surface area contributed by atoms with E-state index in [4.69, 9.17) is 4.74 Å². The molecule has 0 radical (unpaired) electrons. The maximum absolute atomic E-state index is 12.9. The Kier molecular flexibility index (Phi) is 5.55. The number of ether oxygens (including phenoxy) is 1. The van der Waals surface area contributed by atoms with Crippen molar-refractivity contribution in [2.75, 3.05) is 11.9 Å². The Morgan fingerprint density at radius 1 is 1.25 bits per heavy atom. The first-order valence-corrected chi connectivity index (χ1v) is 9.34. The lowest BCUT2D eigenvalue weighted by atomic mass is 9.94. The second-order valence-electron chi connectivity index (χ2n) is 6.18. The Balaban J connectivity index is 1.94. The summed E-state index contributed by atoms with van der Waals surface area (Å²) in [6.45, 7) is 1.77. The van der Waals surface area contributed by atoms with E-state index in [0.717, 1.165) is 29.5 Å². The van der Waals surface area contributed by atoms with Crippen molar-refractivity contribution >= 4 is 34.0 Å². The lowest BCUT2D eigenvalue weighted by Gasteiger charge is -2.12. The molecule has 3 rings (SSSR count). The van der Waals surface area contributed by atoms with Crippen LogP contribution in [0, 0.1) is 0 Å². The number of anilines is 1. The molecule has 1 aliphatic carbocycles. The van der Waals surface area contributed by atoms with Gasteiger partial charge in [-0.3, -0.25) is 9.59 Å². The van der Waals surface area contributed by atoms with Crippen molar-refractivity contribution in [2.24, 2.45) is 0 Å². The van der Waals surface area contributed by atoms with Crippen molar-refractivity contribution in [3.8, 4) is 0 Å². The van der Waals surface area contributed by atoms with Gasteiger partial charge >= 0.3 is 12.1 Å². The van der Waals surface area contributed by atoms with Crippen LogP contribution in [0.15, 0.2) is 24.3 Å². The fraction of sp³-hybridized carbons (Fsp3) is 0.316. The van der Waals surface area contributed by atoms with Crippen LogP contribution in [0.4, 0.5) is 18.2 Å². The lowest BCUT2D eigenvalue weighted by Crippen LogP contribution is -2.17. The van der Waals surface area contributed by atoms with Crippen molar-refractivity contribution in [3.63, 3.8) is 0 Å². The number of carbonyl (C=O) groups is 3. The maximum atomic E-state index is 12.9. The van der Waals surface area contributed by atoms with Crippen LogP contribution in [0.2, 0.25) is 0 Å². The number of halogens is 3. The summed E-state index contributed by atoms with van der Waals surface area (Å²) < 4.78 is 43.7. The van der Waals surface area contributed by atoms with Gasteiger partial charge in [0, 0.05) is 23.3 Å². The number of esters is 1. The molecule has 0 fully saturated rings. The summed E-state index contributed by atoms with van der Waals surface area (Å²) in [6.07, 6.45) is -3.77. The molecule has 0 unspecified atom stereocenters. The molecule has 1 N–H and O–H groups in total. The van der Waals surface area contributed by atoms with E-state index >= 15 is 0 Å². The van der Waals surface area contributed by atoms with Crippen LogP contribution in [-0.2, 0) is 28.5 Å². The summed E-state index contributed by atoms with van der Waals surface area (Å²) in [6, 6.07) is 4.01. The van der Waals surface area contributed by atoms with Crippen LogP contribution in [-0.4, -0.2) is 24.3 Å². The van der Waals surface area contributed by atoms with Gasteiger partial charge < -0.3 is 10.1 Å². The monoisotopic (exact) mass is 411 g/mol. The number of hydrogen-bond acceptors (Lipinski definition) is 5. The number of rotatable bonds is 4. The summed E-state index contributed by atoms with van der Waals surface area (Å²) in [5.41, 5.74) is -0.300. The third-order valence-electron chi connectivity index (χ3n) is 4.26. The molecule has 1 heterocycles. The number of benzene rings is 1. The first-order valence-electron chi connectivity index (χ1n) is 8.52. The van der Waals surface area contributed by atoms with Crippen LogP contribution in [0.25, 0.3) is 0 Å². The Labute approximate surface area is 162 Å². The number of nitrogens with one attached hydrogen (secondary N) is 1. The molecule has 2 aromatic rings. The standard InChI is InChI=1S/C19H16F3NO4S/c1-2-27-18(26)15-13-7-6-12(24)9-14(13)28-17(15)23-16(25)10-4-3-5-11(8-10)19(20,21)22/h3-5,8H,2,6-7,9H2,1H3,(H,23,25). The smallest absolute Gasteiger partial charge is 0.416 e. The van der Waals surface area contributed by atoms with Gasteiger partial charge in [-0.25, -0.2) is 4.79 Å². The van der Waals surface area contributed by atoms with Gasteiger partial charge in [0.1, 0.15) is 10.8 Å². The Bertz CT molecular complexity index is 949. The van der Waals surface area contributed by atoms with Crippen molar-refractivity contribution in [1.82, 2.24) is 0 Å². The molecule has 9 heteroatoms.